The molecule has 1 aromatic carbocycles. The van der Waals surface area contributed by atoms with E-state index in [0.717, 1.165) is 0 Å². The Morgan fingerprint density at radius 2 is 1.89 bits per heavy atom. The normalized spacial score (nSPS) is 11.8. The van der Waals surface area contributed by atoms with Crippen LogP contribution in [0.1, 0.15) is 5.56 Å². The first-order chi connectivity index (χ1) is 8.29. The predicted molar refractivity (Wildman–Crippen MR) is 68.5 cm³/mol. The van der Waals surface area contributed by atoms with Crippen molar-refractivity contribution in [1.29, 1.82) is 0 Å². The van der Waals surface area contributed by atoms with E-state index < -0.39 is 16.1 Å². The Balaban J connectivity index is 3.26. The number of nitrogens with one attached hydrogen (secondary N) is 1. The Bertz CT molecular complexity index is 526. The zero-order chi connectivity index (χ0) is 13.9. The van der Waals surface area contributed by atoms with Crippen molar-refractivity contribution < 1.29 is 18.6 Å². The molecule has 7 nitrogen and oxygen atoms in total. The maximum atomic E-state index is 11.4. The van der Waals surface area contributed by atoms with E-state index in [0.29, 0.717) is 11.3 Å². The first-order valence-electron chi connectivity index (χ1n) is 5.20. The Labute approximate surface area is 105 Å². The van der Waals surface area contributed by atoms with Crippen LogP contribution in [-0.2, 0) is 10.0 Å². The summed E-state index contributed by atoms with van der Waals surface area (Å²) in [5, 5.41) is 25.8. The van der Waals surface area contributed by atoms with Crippen molar-refractivity contribution in [2.24, 2.45) is 5.14 Å². The average Bonchev–Trinajstić information content (AvgIpc) is 2.28. The minimum absolute atomic E-state index is 0.0837. The average molecular weight is 275 g/mol. The lowest BCUT2D eigenvalue weighted by atomic mass is 10.1. The molecule has 0 saturated heterocycles. The molecule has 0 fully saturated rings. The van der Waals surface area contributed by atoms with Gasteiger partial charge >= 0.3 is 0 Å². The third-order valence-corrected chi connectivity index (χ3v) is 3.53. The van der Waals surface area contributed by atoms with Gasteiger partial charge in [0.25, 0.3) is 0 Å². The highest BCUT2D eigenvalue weighted by atomic mass is 32.2. The van der Waals surface area contributed by atoms with E-state index >= 15 is 0 Å². The van der Waals surface area contributed by atoms with Gasteiger partial charge in [-0.25, -0.2) is 13.6 Å². The summed E-state index contributed by atoms with van der Waals surface area (Å²) < 4.78 is 22.8. The zero-order valence-electron chi connectivity index (χ0n) is 9.92. The van der Waals surface area contributed by atoms with Crippen molar-refractivity contribution in [3.8, 4) is 0 Å². The molecule has 0 amide bonds. The second-order valence-corrected chi connectivity index (χ2v) is 5.47. The van der Waals surface area contributed by atoms with Crippen molar-refractivity contribution in [3.05, 3.63) is 17.7 Å². The van der Waals surface area contributed by atoms with Gasteiger partial charge in [0.2, 0.25) is 10.0 Å². The van der Waals surface area contributed by atoms with Gasteiger partial charge in [0.15, 0.2) is 0 Å². The van der Waals surface area contributed by atoms with Crippen molar-refractivity contribution in [2.75, 3.05) is 24.3 Å². The van der Waals surface area contributed by atoms with Gasteiger partial charge in [-0.1, -0.05) is 0 Å². The maximum absolute atomic E-state index is 11.4. The molecule has 0 atom stereocenters. The number of aliphatic hydroxyl groups is 2. The summed E-state index contributed by atoms with van der Waals surface area (Å²) in [6, 6.07) is 2.18. The van der Waals surface area contributed by atoms with E-state index in [1.807, 2.05) is 0 Å². The number of nitrogen functional groups attached to an aromatic ring is 1. The van der Waals surface area contributed by atoms with E-state index in [-0.39, 0.29) is 23.8 Å². The fraction of sp³-hybridized carbons (Fsp3) is 0.400. The number of hydrogen-bond donors (Lipinski definition) is 5. The van der Waals surface area contributed by atoms with Crippen LogP contribution in [0.5, 0.6) is 0 Å². The second-order valence-electron chi connectivity index (χ2n) is 3.94. The van der Waals surface area contributed by atoms with Crippen LogP contribution >= 0.6 is 0 Å². The second kappa shape index (κ2) is 5.53. The fourth-order valence-electron chi connectivity index (χ4n) is 1.52. The molecule has 0 radical (unpaired) electrons. The molecule has 0 spiro atoms. The highest BCUT2D eigenvalue weighted by Gasteiger charge is 2.17. The van der Waals surface area contributed by atoms with E-state index in [9.17, 15) is 8.42 Å². The van der Waals surface area contributed by atoms with E-state index in [1.165, 1.54) is 12.1 Å². The van der Waals surface area contributed by atoms with Crippen LogP contribution in [0, 0.1) is 6.92 Å². The first-order valence-corrected chi connectivity index (χ1v) is 6.75. The summed E-state index contributed by atoms with van der Waals surface area (Å²) in [6.07, 6.45) is 0. The summed E-state index contributed by atoms with van der Waals surface area (Å²) in [7, 11) is -3.87. The molecule has 0 bridgehead atoms. The number of hydrogen-bond acceptors (Lipinski definition) is 6. The third-order valence-electron chi connectivity index (χ3n) is 2.49. The highest BCUT2D eigenvalue weighted by Crippen LogP contribution is 2.26. The van der Waals surface area contributed by atoms with Crippen molar-refractivity contribution in [2.45, 2.75) is 17.9 Å². The summed E-state index contributed by atoms with van der Waals surface area (Å²) in [5.74, 6) is 0. The summed E-state index contributed by atoms with van der Waals surface area (Å²) in [4.78, 5) is -0.0837. The minimum Gasteiger partial charge on any atom is -0.399 e. The third kappa shape index (κ3) is 3.33. The van der Waals surface area contributed by atoms with E-state index in [4.69, 9.17) is 21.1 Å². The number of aliphatic hydroxyl groups excluding tert-OH is 2. The smallest absolute Gasteiger partial charge is 0.238 e. The van der Waals surface area contributed by atoms with Gasteiger partial charge in [0.1, 0.15) is 0 Å². The summed E-state index contributed by atoms with van der Waals surface area (Å²) >= 11 is 0. The van der Waals surface area contributed by atoms with Crippen LogP contribution in [-0.4, -0.2) is 37.9 Å². The van der Waals surface area contributed by atoms with Crippen LogP contribution in [0.15, 0.2) is 17.0 Å². The number of rotatable bonds is 5. The molecule has 8 heteroatoms. The molecular formula is C10H17N3O4S. The molecule has 18 heavy (non-hydrogen) atoms. The van der Waals surface area contributed by atoms with Crippen molar-refractivity contribution in [3.63, 3.8) is 0 Å². The summed E-state index contributed by atoms with van der Waals surface area (Å²) in [6.45, 7) is 0.970. The largest absolute Gasteiger partial charge is 0.399 e. The maximum Gasteiger partial charge on any atom is 0.238 e. The van der Waals surface area contributed by atoms with Crippen molar-refractivity contribution >= 4 is 21.4 Å². The number of anilines is 2. The number of benzene rings is 1. The van der Waals surface area contributed by atoms with Gasteiger partial charge in [-0.05, 0) is 24.6 Å². The van der Waals surface area contributed by atoms with Gasteiger partial charge in [-0.3, -0.25) is 0 Å². The van der Waals surface area contributed by atoms with Crippen LogP contribution in [0.25, 0.3) is 0 Å². The molecule has 0 unspecified atom stereocenters. The lowest BCUT2D eigenvalue weighted by Gasteiger charge is -2.18. The van der Waals surface area contributed by atoms with Crippen molar-refractivity contribution in [1.82, 2.24) is 0 Å². The molecule has 0 aliphatic heterocycles. The van der Waals surface area contributed by atoms with Gasteiger partial charge in [0.05, 0.1) is 24.2 Å². The Morgan fingerprint density at radius 1 is 1.33 bits per heavy atom. The Hall–Kier alpha value is -1.35. The minimum atomic E-state index is -3.87. The molecule has 1 rings (SSSR count). The molecule has 0 saturated carbocycles. The Morgan fingerprint density at radius 3 is 2.33 bits per heavy atom. The zero-order valence-corrected chi connectivity index (χ0v) is 10.7. The fourth-order valence-corrected chi connectivity index (χ4v) is 2.36. The molecular weight excluding hydrogens is 258 g/mol. The molecule has 0 aromatic heterocycles. The first kappa shape index (κ1) is 14.7. The molecule has 102 valence electrons. The molecule has 0 heterocycles. The van der Waals surface area contributed by atoms with Crippen LogP contribution in [0.3, 0.4) is 0 Å². The lowest BCUT2D eigenvalue weighted by Crippen LogP contribution is -2.28. The van der Waals surface area contributed by atoms with Crippen LogP contribution in [0.4, 0.5) is 11.4 Å². The van der Waals surface area contributed by atoms with Crippen LogP contribution in [0.2, 0.25) is 0 Å². The van der Waals surface area contributed by atoms with Gasteiger partial charge in [-0.2, -0.15) is 0 Å². The van der Waals surface area contributed by atoms with E-state index in [1.54, 1.807) is 6.92 Å². The predicted octanol–water partition coefficient (Wildman–Crippen LogP) is -1.01. The topological polar surface area (TPSA) is 139 Å². The van der Waals surface area contributed by atoms with Gasteiger partial charge in [0, 0.05) is 11.4 Å². The SMILES string of the molecule is Cc1c(NC(CO)CO)cc(N)cc1S(N)(=O)=O. The number of primary sulfonamides is 1. The molecule has 7 N–H and O–H groups in total. The van der Waals surface area contributed by atoms with Crippen LogP contribution < -0.4 is 16.2 Å². The summed E-state index contributed by atoms with van der Waals surface area (Å²) in [5.41, 5.74) is 6.62. The number of nitrogens with two attached hydrogens (primary N) is 2. The van der Waals surface area contributed by atoms with E-state index in [2.05, 4.69) is 5.32 Å². The standard InChI is InChI=1S/C10H17N3O4S/c1-6-9(13-8(4-14)5-15)2-7(11)3-10(6)18(12,16)17/h2-3,8,13-15H,4-5,11H2,1H3,(H2,12,16,17). The molecule has 0 aliphatic rings. The van der Waals surface area contributed by atoms with Gasteiger partial charge in [-0.15, -0.1) is 0 Å². The van der Waals surface area contributed by atoms with Gasteiger partial charge < -0.3 is 21.3 Å². The Kier molecular flexibility index (Phi) is 4.52. The highest BCUT2D eigenvalue weighted by molar-refractivity contribution is 7.89. The monoisotopic (exact) mass is 275 g/mol. The quantitative estimate of drug-likeness (QED) is 0.436. The molecule has 0 aliphatic carbocycles. The lowest BCUT2D eigenvalue weighted by molar-refractivity contribution is 0.204. The molecule has 1 aromatic rings. The number of sulfonamides is 1.